The Kier molecular flexibility index (Phi) is 6.79. The zero-order chi connectivity index (χ0) is 13.2. The molecule has 0 aliphatic rings. The third kappa shape index (κ3) is 5.63. The van der Waals surface area contributed by atoms with Crippen molar-refractivity contribution < 1.29 is 13.9 Å². The van der Waals surface area contributed by atoms with Gasteiger partial charge in [-0.3, -0.25) is 0 Å². The first-order valence-corrected chi connectivity index (χ1v) is 7.78. The quantitative estimate of drug-likeness (QED) is 0.339. The molecule has 0 aliphatic heterocycles. The van der Waals surface area contributed by atoms with Gasteiger partial charge in [0.15, 0.2) is 0 Å². The Labute approximate surface area is 111 Å². The molecule has 0 radical (unpaired) electrons. The van der Waals surface area contributed by atoms with Crippen molar-refractivity contribution >= 4 is 15.5 Å². The van der Waals surface area contributed by atoms with Gasteiger partial charge in [0.1, 0.15) is 5.75 Å². The van der Waals surface area contributed by atoms with Crippen molar-refractivity contribution in [2.75, 3.05) is 18.9 Å². The zero-order valence-corrected chi connectivity index (χ0v) is 12.4. The summed E-state index contributed by atoms with van der Waals surface area (Å²) in [6.45, 7) is 5.11. The predicted octanol–water partition coefficient (Wildman–Crippen LogP) is 2.06. The van der Waals surface area contributed by atoms with Crippen LogP contribution in [-0.4, -0.2) is 23.0 Å². The maximum absolute atomic E-state index is 5.70. The molecule has 0 spiro atoms. The predicted molar refractivity (Wildman–Crippen MR) is 76.2 cm³/mol. The Bertz CT molecular complexity index is 357. The van der Waals surface area contributed by atoms with Crippen LogP contribution in [0.25, 0.3) is 0 Å². The lowest BCUT2D eigenvalue weighted by Gasteiger charge is -2.09. The molecule has 0 aliphatic carbocycles. The lowest BCUT2D eigenvalue weighted by molar-refractivity contribution is 0.0461. The van der Waals surface area contributed by atoms with Crippen LogP contribution in [0, 0.1) is 0 Å². The van der Waals surface area contributed by atoms with E-state index in [1.807, 2.05) is 44.2 Å². The number of nitrogen functional groups attached to an aromatic ring is 1. The molecule has 18 heavy (non-hydrogen) atoms. The van der Waals surface area contributed by atoms with Gasteiger partial charge in [-0.25, -0.2) is 0 Å². The monoisotopic (exact) mass is 267 g/mol. The van der Waals surface area contributed by atoms with Gasteiger partial charge in [0, 0.05) is 5.69 Å². The lowest BCUT2D eigenvalue weighted by Crippen LogP contribution is -2.03. The van der Waals surface area contributed by atoms with E-state index in [1.54, 1.807) is 0 Å². The van der Waals surface area contributed by atoms with Crippen LogP contribution >= 0.6 is 0 Å². The van der Waals surface area contributed by atoms with Crippen LogP contribution in [-0.2, 0) is 9.47 Å². The summed E-state index contributed by atoms with van der Waals surface area (Å²) in [5, 5.41) is 0. The number of hydrogen-bond donors (Lipinski definition) is 1. The molecule has 100 valence electrons. The summed E-state index contributed by atoms with van der Waals surface area (Å²) in [5.74, 6) is 1.48. The van der Waals surface area contributed by atoms with Gasteiger partial charge in [-0.1, -0.05) is 0 Å². The average molecular weight is 267 g/mol. The van der Waals surface area contributed by atoms with E-state index in [0.29, 0.717) is 19.2 Å². The summed E-state index contributed by atoms with van der Waals surface area (Å²) in [4.78, 5) is 0. The molecule has 0 fully saturated rings. The molecule has 0 atom stereocenters. The third-order valence-electron chi connectivity index (χ3n) is 2.15. The fraction of sp³-hybridized carbons (Fsp3) is 0.385. The van der Waals surface area contributed by atoms with E-state index in [9.17, 15) is 0 Å². The van der Waals surface area contributed by atoms with Crippen LogP contribution in [0.4, 0.5) is 5.69 Å². The Morgan fingerprint density at radius 3 is 2.33 bits per heavy atom. The first-order valence-electron chi connectivity index (χ1n) is 6.20. The molecule has 4 nitrogen and oxygen atoms in total. The molecule has 0 aromatic heterocycles. The largest absolute Gasteiger partial charge is 0.549 e. The van der Waals surface area contributed by atoms with E-state index in [-0.39, 0.29) is 0 Å². The highest BCUT2D eigenvalue weighted by molar-refractivity contribution is 6.29. The topological polar surface area (TPSA) is 53.7 Å². The van der Waals surface area contributed by atoms with Gasteiger partial charge in [0.05, 0.1) is 13.2 Å². The number of nitrogens with two attached hydrogens (primary N) is 1. The summed E-state index contributed by atoms with van der Waals surface area (Å²) in [5.41, 5.74) is 6.35. The van der Waals surface area contributed by atoms with Gasteiger partial charge in [0.25, 0.3) is 5.95 Å². The van der Waals surface area contributed by atoms with Crippen LogP contribution in [0.15, 0.2) is 36.3 Å². The number of ether oxygens (including phenoxy) is 2. The first-order chi connectivity index (χ1) is 8.76. The minimum absolute atomic E-state index is 0.605. The SMILES string of the molecule is CCOC(=CC[SiH2]Oc1ccc(N)cc1)OCC. The van der Waals surface area contributed by atoms with Crippen molar-refractivity contribution in [3.63, 3.8) is 0 Å². The first kappa shape index (κ1) is 14.4. The van der Waals surface area contributed by atoms with Crippen LogP contribution in [0.5, 0.6) is 5.75 Å². The second-order valence-electron chi connectivity index (χ2n) is 3.60. The fourth-order valence-corrected chi connectivity index (χ4v) is 2.26. The molecule has 2 N–H and O–H groups in total. The highest BCUT2D eigenvalue weighted by Crippen LogP contribution is 2.13. The average Bonchev–Trinajstić information content (AvgIpc) is 2.37. The molecule has 0 unspecified atom stereocenters. The molecule has 0 heterocycles. The van der Waals surface area contributed by atoms with Gasteiger partial charge in [-0.2, -0.15) is 0 Å². The van der Waals surface area contributed by atoms with Crippen molar-refractivity contribution in [2.24, 2.45) is 0 Å². The van der Waals surface area contributed by atoms with Crippen molar-refractivity contribution in [1.29, 1.82) is 0 Å². The standard InChI is InChI=1S/C13H21NO3Si/c1-3-15-13(16-4-2)9-10-18-17-12-7-5-11(14)6-8-12/h5-9H,3-4,10,14,18H2,1-2H3. The summed E-state index contributed by atoms with van der Waals surface area (Å²) < 4.78 is 16.4. The Hall–Kier alpha value is -1.62. The summed E-state index contributed by atoms with van der Waals surface area (Å²) in [7, 11) is -0.653. The van der Waals surface area contributed by atoms with Gasteiger partial charge in [-0.15, -0.1) is 0 Å². The van der Waals surface area contributed by atoms with Crippen molar-refractivity contribution in [3.05, 3.63) is 36.3 Å². The lowest BCUT2D eigenvalue weighted by atomic mass is 10.3. The van der Waals surface area contributed by atoms with Crippen LogP contribution in [0.1, 0.15) is 13.8 Å². The van der Waals surface area contributed by atoms with Gasteiger partial charge in [0.2, 0.25) is 9.76 Å². The Balaban J connectivity index is 2.31. The maximum Gasteiger partial charge on any atom is 0.274 e. The molecule has 1 aromatic rings. The van der Waals surface area contributed by atoms with E-state index >= 15 is 0 Å². The molecule has 0 saturated carbocycles. The normalized spacial score (nSPS) is 10.3. The van der Waals surface area contributed by atoms with Gasteiger partial charge < -0.3 is 19.6 Å². The summed E-state index contributed by atoms with van der Waals surface area (Å²) in [6, 6.07) is 8.33. The molecule has 5 heteroatoms. The van der Waals surface area contributed by atoms with Gasteiger partial charge in [-0.05, 0) is 50.2 Å². The number of rotatable bonds is 8. The second kappa shape index (κ2) is 8.47. The minimum atomic E-state index is -0.653. The Morgan fingerprint density at radius 1 is 1.17 bits per heavy atom. The number of benzene rings is 1. The van der Waals surface area contributed by atoms with Crippen molar-refractivity contribution in [3.8, 4) is 5.75 Å². The molecule has 0 saturated heterocycles. The smallest absolute Gasteiger partial charge is 0.274 e. The zero-order valence-electron chi connectivity index (χ0n) is 11.0. The van der Waals surface area contributed by atoms with Crippen LogP contribution in [0.2, 0.25) is 6.04 Å². The number of anilines is 1. The van der Waals surface area contributed by atoms with Crippen molar-refractivity contribution in [1.82, 2.24) is 0 Å². The third-order valence-corrected chi connectivity index (χ3v) is 3.21. The molecular formula is C13H21NO3Si. The fourth-order valence-electron chi connectivity index (χ4n) is 1.36. The minimum Gasteiger partial charge on any atom is -0.549 e. The van der Waals surface area contributed by atoms with Crippen LogP contribution in [0.3, 0.4) is 0 Å². The van der Waals surface area contributed by atoms with E-state index in [0.717, 1.165) is 17.5 Å². The molecule has 0 bridgehead atoms. The molecule has 1 rings (SSSR count). The van der Waals surface area contributed by atoms with E-state index < -0.39 is 9.76 Å². The summed E-state index contributed by atoms with van der Waals surface area (Å²) in [6.07, 6.45) is 1.95. The van der Waals surface area contributed by atoms with Gasteiger partial charge >= 0.3 is 0 Å². The highest BCUT2D eigenvalue weighted by atomic mass is 28.2. The molecular weight excluding hydrogens is 246 g/mol. The molecule has 1 aromatic carbocycles. The maximum atomic E-state index is 5.70. The van der Waals surface area contributed by atoms with E-state index in [4.69, 9.17) is 19.6 Å². The molecule has 0 amide bonds. The number of allylic oxidation sites excluding steroid dienone is 1. The van der Waals surface area contributed by atoms with E-state index in [2.05, 4.69) is 0 Å². The van der Waals surface area contributed by atoms with E-state index in [1.165, 1.54) is 0 Å². The Morgan fingerprint density at radius 2 is 1.78 bits per heavy atom. The van der Waals surface area contributed by atoms with Crippen LogP contribution < -0.4 is 10.2 Å². The highest BCUT2D eigenvalue weighted by Gasteiger charge is 1.98. The summed E-state index contributed by atoms with van der Waals surface area (Å²) >= 11 is 0. The van der Waals surface area contributed by atoms with Crippen molar-refractivity contribution in [2.45, 2.75) is 19.9 Å². The number of hydrogen-bond acceptors (Lipinski definition) is 4. The second-order valence-corrected chi connectivity index (χ2v) is 4.87.